The van der Waals surface area contributed by atoms with Gasteiger partial charge >= 0.3 is 6.01 Å². The fourth-order valence-electron chi connectivity index (χ4n) is 0.847. The molecule has 1 aromatic rings. The number of aromatic amines is 1. The van der Waals surface area contributed by atoms with E-state index in [0.717, 1.165) is 0 Å². The number of aromatic nitrogens is 3. The zero-order valence-corrected chi connectivity index (χ0v) is 9.83. The monoisotopic (exact) mass is 228 g/mol. The lowest BCUT2D eigenvalue weighted by Crippen LogP contribution is -2.39. The quantitative estimate of drug-likeness (QED) is 0.769. The van der Waals surface area contributed by atoms with Gasteiger partial charge in [-0.05, 0) is 20.8 Å². The standard InChI is InChI=1S/C9H16N4O3/c1-5-16-8-11-7(12-13-8)10-6(14)9(2,3)15-4/h5H2,1-4H3,(H2,10,11,12,13,14). The van der Waals surface area contributed by atoms with Crippen molar-refractivity contribution in [3.8, 4) is 6.01 Å². The van der Waals surface area contributed by atoms with E-state index in [4.69, 9.17) is 9.47 Å². The molecule has 0 aliphatic heterocycles. The summed E-state index contributed by atoms with van der Waals surface area (Å²) in [7, 11) is 1.46. The van der Waals surface area contributed by atoms with Gasteiger partial charge < -0.3 is 9.47 Å². The van der Waals surface area contributed by atoms with Crippen LogP contribution in [0, 0.1) is 0 Å². The Kier molecular flexibility index (Phi) is 3.83. The normalized spacial score (nSPS) is 11.2. The van der Waals surface area contributed by atoms with E-state index in [-0.39, 0.29) is 17.9 Å². The molecule has 0 fully saturated rings. The van der Waals surface area contributed by atoms with Gasteiger partial charge in [0.15, 0.2) is 0 Å². The number of nitrogens with zero attached hydrogens (tertiary/aromatic N) is 2. The molecule has 2 N–H and O–H groups in total. The molecule has 0 radical (unpaired) electrons. The van der Waals surface area contributed by atoms with Crippen LogP contribution >= 0.6 is 0 Å². The molecule has 1 aromatic heterocycles. The lowest BCUT2D eigenvalue weighted by molar-refractivity contribution is -0.133. The summed E-state index contributed by atoms with van der Waals surface area (Å²) < 4.78 is 10.1. The number of H-pyrrole nitrogens is 1. The fourth-order valence-corrected chi connectivity index (χ4v) is 0.847. The first-order valence-corrected chi connectivity index (χ1v) is 4.91. The van der Waals surface area contributed by atoms with Gasteiger partial charge in [-0.3, -0.25) is 10.1 Å². The van der Waals surface area contributed by atoms with Crippen LogP contribution < -0.4 is 10.1 Å². The summed E-state index contributed by atoms with van der Waals surface area (Å²) in [5.74, 6) is -0.0761. The average molecular weight is 228 g/mol. The zero-order chi connectivity index (χ0) is 12.2. The molecule has 0 aromatic carbocycles. The first kappa shape index (κ1) is 12.4. The van der Waals surface area contributed by atoms with Crippen LogP contribution in [-0.2, 0) is 9.53 Å². The minimum atomic E-state index is -0.918. The van der Waals surface area contributed by atoms with Crippen LogP contribution in [0.15, 0.2) is 0 Å². The van der Waals surface area contributed by atoms with Crippen LogP contribution in [0.5, 0.6) is 6.01 Å². The third-order valence-electron chi connectivity index (χ3n) is 2.03. The lowest BCUT2D eigenvalue weighted by Gasteiger charge is -2.20. The molecule has 90 valence electrons. The Morgan fingerprint density at radius 3 is 2.81 bits per heavy atom. The van der Waals surface area contributed by atoms with Crippen molar-refractivity contribution in [2.45, 2.75) is 26.4 Å². The predicted octanol–water partition coefficient (Wildman–Crippen LogP) is 0.567. The van der Waals surface area contributed by atoms with E-state index in [9.17, 15) is 4.79 Å². The Morgan fingerprint density at radius 2 is 2.25 bits per heavy atom. The Labute approximate surface area is 93.5 Å². The molecule has 0 aliphatic carbocycles. The van der Waals surface area contributed by atoms with Gasteiger partial charge in [-0.15, -0.1) is 5.10 Å². The molecule has 7 heteroatoms. The number of anilines is 1. The maximum atomic E-state index is 11.7. The minimum absolute atomic E-state index is 0.202. The van der Waals surface area contributed by atoms with Crippen molar-refractivity contribution in [2.75, 3.05) is 19.0 Å². The number of nitrogens with one attached hydrogen (secondary N) is 2. The van der Waals surface area contributed by atoms with Gasteiger partial charge in [0.2, 0.25) is 5.95 Å². The van der Waals surface area contributed by atoms with Crippen LogP contribution in [-0.4, -0.2) is 40.4 Å². The van der Waals surface area contributed by atoms with Crippen molar-refractivity contribution in [3.05, 3.63) is 0 Å². The van der Waals surface area contributed by atoms with Crippen molar-refractivity contribution in [1.29, 1.82) is 0 Å². The van der Waals surface area contributed by atoms with Gasteiger partial charge in [0.05, 0.1) is 6.61 Å². The van der Waals surface area contributed by atoms with E-state index in [2.05, 4.69) is 20.5 Å². The van der Waals surface area contributed by atoms with E-state index in [1.165, 1.54) is 7.11 Å². The second kappa shape index (κ2) is 4.93. The summed E-state index contributed by atoms with van der Waals surface area (Å²) in [6, 6.07) is 0.202. The summed E-state index contributed by atoms with van der Waals surface area (Å²) in [6.45, 7) is 5.60. The topological polar surface area (TPSA) is 89.1 Å². The summed E-state index contributed by atoms with van der Waals surface area (Å²) in [4.78, 5) is 15.6. The van der Waals surface area contributed by atoms with E-state index in [1.54, 1.807) is 13.8 Å². The molecule has 0 bridgehead atoms. The van der Waals surface area contributed by atoms with Crippen LogP contribution in [0.4, 0.5) is 5.95 Å². The van der Waals surface area contributed by atoms with E-state index >= 15 is 0 Å². The predicted molar refractivity (Wildman–Crippen MR) is 57.3 cm³/mol. The number of hydrogen-bond acceptors (Lipinski definition) is 5. The molecular weight excluding hydrogens is 212 g/mol. The molecule has 1 heterocycles. The summed E-state index contributed by atoms with van der Waals surface area (Å²) in [5, 5.41) is 8.84. The highest BCUT2D eigenvalue weighted by molar-refractivity contribution is 5.95. The maximum absolute atomic E-state index is 11.7. The lowest BCUT2D eigenvalue weighted by atomic mass is 10.1. The van der Waals surface area contributed by atoms with Crippen LogP contribution in [0.25, 0.3) is 0 Å². The number of hydrogen-bond donors (Lipinski definition) is 2. The molecule has 0 spiro atoms. The first-order valence-electron chi connectivity index (χ1n) is 4.91. The van der Waals surface area contributed by atoms with Crippen molar-refractivity contribution < 1.29 is 14.3 Å². The van der Waals surface area contributed by atoms with Crippen LogP contribution in [0.2, 0.25) is 0 Å². The highest BCUT2D eigenvalue weighted by atomic mass is 16.5. The van der Waals surface area contributed by atoms with Crippen molar-refractivity contribution in [3.63, 3.8) is 0 Å². The average Bonchev–Trinajstić information content (AvgIpc) is 2.66. The number of amides is 1. The number of carbonyl (C=O) groups is 1. The van der Waals surface area contributed by atoms with E-state index in [1.807, 2.05) is 6.92 Å². The summed E-state index contributed by atoms with van der Waals surface area (Å²) >= 11 is 0. The summed E-state index contributed by atoms with van der Waals surface area (Å²) in [5.41, 5.74) is -0.918. The Balaban J connectivity index is 2.63. The number of ether oxygens (including phenoxy) is 2. The SMILES string of the molecule is CCOc1n[nH]c(NC(=O)C(C)(C)OC)n1. The van der Waals surface area contributed by atoms with Crippen molar-refractivity contribution >= 4 is 11.9 Å². The van der Waals surface area contributed by atoms with Crippen molar-refractivity contribution in [2.24, 2.45) is 0 Å². The molecule has 0 saturated carbocycles. The number of carbonyl (C=O) groups excluding carboxylic acids is 1. The second-order valence-corrected chi connectivity index (χ2v) is 3.57. The molecule has 7 nitrogen and oxygen atoms in total. The molecule has 16 heavy (non-hydrogen) atoms. The van der Waals surface area contributed by atoms with E-state index in [0.29, 0.717) is 6.61 Å². The smallest absolute Gasteiger partial charge is 0.337 e. The highest BCUT2D eigenvalue weighted by Gasteiger charge is 2.27. The van der Waals surface area contributed by atoms with Gasteiger partial charge in [0, 0.05) is 7.11 Å². The maximum Gasteiger partial charge on any atom is 0.337 e. The molecule has 0 unspecified atom stereocenters. The zero-order valence-electron chi connectivity index (χ0n) is 9.83. The van der Waals surface area contributed by atoms with Gasteiger partial charge in [-0.25, -0.2) is 5.10 Å². The molecule has 0 atom stereocenters. The Hall–Kier alpha value is -1.63. The Morgan fingerprint density at radius 1 is 1.56 bits per heavy atom. The fraction of sp³-hybridized carbons (Fsp3) is 0.667. The van der Waals surface area contributed by atoms with Gasteiger partial charge in [-0.2, -0.15) is 4.98 Å². The van der Waals surface area contributed by atoms with Crippen LogP contribution in [0.3, 0.4) is 0 Å². The first-order chi connectivity index (χ1) is 7.49. The van der Waals surface area contributed by atoms with Gasteiger partial charge in [0.25, 0.3) is 5.91 Å². The molecule has 0 aliphatic rings. The summed E-state index contributed by atoms with van der Waals surface area (Å²) in [6.07, 6.45) is 0. The van der Waals surface area contributed by atoms with Crippen LogP contribution in [0.1, 0.15) is 20.8 Å². The Bertz CT molecular complexity index is 361. The molecule has 1 rings (SSSR count). The number of rotatable bonds is 5. The second-order valence-electron chi connectivity index (χ2n) is 3.57. The largest absolute Gasteiger partial charge is 0.463 e. The van der Waals surface area contributed by atoms with Gasteiger partial charge in [-0.1, -0.05) is 0 Å². The van der Waals surface area contributed by atoms with E-state index < -0.39 is 5.60 Å². The molecule has 1 amide bonds. The third kappa shape index (κ3) is 2.93. The molecular formula is C9H16N4O3. The van der Waals surface area contributed by atoms with Gasteiger partial charge in [0.1, 0.15) is 5.60 Å². The third-order valence-corrected chi connectivity index (χ3v) is 2.03. The number of methoxy groups -OCH3 is 1. The highest BCUT2D eigenvalue weighted by Crippen LogP contribution is 2.12. The minimum Gasteiger partial charge on any atom is -0.463 e. The van der Waals surface area contributed by atoms with Crippen molar-refractivity contribution in [1.82, 2.24) is 15.2 Å². The molecule has 0 saturated heterocycles.